The number of hydrogen-bond acceptors (Lipinski definition) is 8. The predicted octanol–water partition coefficient (Wildman–Crippen LogP) is 5.96. The molecule has 2 amide bonds. The molecule has 4 aromatic rings. The number of amides is 2. The molecule has 48 heavy (non-hydrogen) atoms. The molecule has 0 spiro atoms. The molecule has 12 nitrogen and oxygen atoms in total. The zero-order chi connectivity index (χ0) is 33.8. The van der Waals surface area contributed by atoms with Crippen molar-refractivity contribution in [1.29, 1.82) is 0 Å². The Labute approximate surface area is 283 Å². The first-order chi connectivity index (χ1) is 23.1. The van der Waals surface area contributed by atoms with Crippen molar-refractivity contribution < 1.29 is 14.3 Å². The van der Waals surface area contributed by atoms with Gasteiger partial charge in [0.15, 0.2) is 5.65 Å². The van der Waals surface area contributed by atoms with Crippen LogP contribution in [0.2, 0.25) is 0 Å². The van der Waals surface area contributed by atoms with Gasteiger partial charge in [-0.1, -0.05) is 52.0 Å². The molecule has 12 heteroatoms. The highest BCUT2D eigenvalue weighted by Gasteiger charge is 2.30. The number of hydrogen-bond donors (Lipinski definition) is 2. The molecule has 1 aromatic carbocycles. The van der Waals surface area contributed by atoms with Crippen molar-refractivity contribution in [2.45, 2.75) is 90.0 Å². The van der Waals surface area contributed by atoms with Crippen molar-refractivity contribution in [3.8, 4) is 5.75 Å². The van der Waals surface area contributed by atoms with Crippen LogP contribution in [-0.2, 0) is 16.7 Å². The molecule has 1 aliphatic carbocycles. The van der Waals surface area contributed by atoms with Crippen molar-refractivity contribution in [2.75, 3.05) is 50.6 Å². The minimum atomic E-state index is -0.235. The number of likely N-dealkylation sites (N-methyl/N-ethyl adjacent to an activating group) is 1. The minimum absolute atomic E-state index is 0.109. The summed E-state index contributed by atoms with van der Waals surface area (Å²) in [5.74, 6) is 2.30. The van der Waals surface area contributed by atoms with Gasteiger partial charge in [-0.05, 0) is 69.5 Å². The van der Waals surface area contributed by atoms with Crippen molar-refractivity contribution in [3.05, 3.63) is 65.5 Å². The number of anilines is 2. The maximum Gasteiger partial charge on any atom is 0.320 e. The molecule has 0 radical (unpaired) electrons. The number of pyridine rings is 1. The van der Waals surface area contributed by atoms with E-state index in [9.17, 15) is 4.79 Å². The van der Waals surface area contributed by atoms with E-state index in [0.717, 1.165) is 99.1 Å². The summed E-state index contributed by atoms with van der Waals surface area (Å²) in [5, 5.41) is 20.0. The van der Waals surface area contributed by atoms with Crippen LogP contribution in [0.15, 0.2) is 48.7 Å². The van der Waals surface area contributed by atoms with Crippen LogP contribution in [0.3, 0.4) is 0 Å². The number of aryl methyl sites for hydroxylation is 1. The fourth-order valence-electron chi connectivity index (χ4n) is 6.53. The van der Waals surface area contributed by atoms with Crippen LogP contribution >= 0.6 is 0 Å². The van der Waals surface area contributed by atoms with Gasteiger partial charge >= 0.3 is 6.03 Å². The summed E-state index contributed by atoms with van der Waals surface area (Å²) in [6.45, 7) is 12.7. The Morgan fingerprint density at radius 3 is 2.52 bits per heavy atom. The van der Waals surface area contributed by atoms with Crippen LogP contribution in [0.5, 0.6) is 5.75 Å². The zero-order valence-corrected chi connectivity index (χ0v) is 29.3. The molecule has 6 rings (SSSR count). The second-order valence-corrected chi connectivity index (χ2v) is 14.3. The van der Waals surface area contributed by atoms with Crippen LogP contribution < -0.4 is 20.3 Å². The van der Waals surface area contributed by atoms with Gasteiger partial charge in [0.25, 0.3) is 0 Å². The van der Waals surface area contributed by atoms with Gasteiger partial charge in [0.1, 0.15) is 17.7 Å². The van der Waals surface area contributed by atoms with Crippen molar-refractivity contribution >= 4 is 23.4 Å². The monoisotopic (exact) mass is 657 g/mol. The lowest BCUT2D eigenvalue weighted by atomic mass is 9.85. The molecule has 4 heterocycles. The van der Waals surface area contributed by atoms with E-state index in [4.69, 9.17) is 14.6 Å². The molecule has 1 fully saturated rings. The highest BCUT2D eigenvalue weighted by atomic mass is 16.5. The Hall–Kier alpha value is -4.16. The van der Waals surface area contributed by atoms with Crippen LogP contribution in [0, 0.1) is 0 Å². The Kier molecular flexibility index (Phi) is 10.2. The number of benzene rings is 1. The summed E-state index contributed by atoms with van der Waals surface area (Å²) >= 11 is 0. The van der Waals surface area contributed by atoms with E-state index in [1.807, 2.05) is 45.6 Å². The summed E-state index contributed by atoms with van der Waals surface area (Å²) in [7, 11) is 4.13. The Morgan fingerprint density at radius 1 is 1.02 bits per heavy atom. The third-order valence-electron chi connectivity index (χ3n) is 9.22. The molecule has 0 saturated carbocycles. The molecule has 2 N–H and O–H groups in total. The number of aromatic nitrogens is 5. The number of piperidine rings is 1. The van der Waals surface area contributed by atoms with Gasteiger partial charge < -0.3 is 24.6 Å². The van der Waals surface area contributed by atoms with Crippen molar-refractivity contribution in [3.63, 3.8) is 0 Å². The third kappa shape index (κ3) is 7.76. The molecular weight excluding hydrogens is 606 g/mol. The number of rotatable bonds is 11. The highest BCUT2D eigenvalue weighted by molar-refractivity contribution is 5.88. The lowest BCUT2D eigenvalue weighted by Gasteiger charge is -2.33. The first-order valence-corrected chi connectivity index (χ1v) is 17.4. The number of carbonyl (C=O) groups excluding carboxylic acids is 1. The molecule has 3 aromatic heterocycles. The van der Waals surface area contributed by atoms with E-state index in [-0.39, 0.29) is 29.7 Å². The van der Waals surface area contributed by atoms with E-state index in [1.54, 1.807) is 0 Å². The minimum Gasteiger partial charge on any atom is -0.484 e. The van der Waals surface area contributed by atoms with E-state index in [2.05, 4.69) is 84.6 Å². The number of carbonyl (C=O) groups is 1. The maximum atomic E-state index is 13.3. The number of nitrogens with zero attached hydrogens (tertiary/aromatic N) is 7. The Bertz CT molecular complexity index is 1680. The molecule has 258 valence electrons. The van der Waals surface area contributed by atoms with Gasteiger partial charge in [-0.3, -0.25) is 9.72 Å². The normalized spacial score (nSPS) is 18.7. The topological polar surface area (TPSA) is 114 Å². The van der Waals surface area contributed by atoms with Gasteiger partial charge in [-0.25, -0.2) is 9.48 Å². The maximum absolute atomic E-state index is 13.3. The van der Waals surface area contributed by atoms with Gasteiger partial charge in [0.05, 0.1) is 30.6 Å². The molecule has 0 bridgehead atoms. The van der Waals surface area contributed by atoms with Gasteiger partial charge in [0.2, 0.25) is 5.95 Å². The number of ether oxygens (including phenoxy) is 2. The highest BCUT2D eigenvalue weighted by Crippen LogP contribution is 2.39. The first kappa shape index (κ1) is 33.7. The molecule has 1 saturated heterocycles. The van der Waals surface area contributed by atoms with E-state index >= 15 is 0 Å². The predicted molar refractivity (Wildman–Crippen MR) is 188 cm³/mol. The quantitative estimate of drug-likeness (QED) is 0.203. The average Bonchev–Trinajstić information content (AvgIpc) is 3.67. The van der Waals surface area contributed by atoms with Crippen molar-refractivity contribution in [2.24, 2.45) is 0 Å². The zero-order valence-electron chi connectivity index (χ0n) is 29.3. The van der Waals surface area contributed by atoms with E-state index in [1.165, 1.54) is 0 Å². The van der Waals surface area contributed by atoms with Crippen molar-refractivity contribution in [1.82, 2.24) is 34.6 Å². The molecule has 0 unspecified atom stereocenters. The summed E-state index contributed by atoms with van der Waals surface area (Å²) in [5.41, 5.74) is 3.79. The van der Waals surface area contributed by atoms with Gasteiger partial charge in [-0.15, -0.1) is 10.2 Å². The smallest absolute Gasteiger partial charge is 0.320 e. The number of nitrogens with one attached hydrogen (secondary N) is 2. The summed E-state index contributed by atoms with van der Waals surface area (Å²) in [6, 6.07) is 13.8. The van der Waals surface area contributed by atoms with Crippen LogP contribution in [-0.4, -0.2) is 81.8 Å². The second-order valence-electron chi connectivity index (χ2n) is 14.3. The summed E-state index contributed by atoms with van der Waals surface area (Å²) < 4.78 is 16.7. The van der Waals surface area contributed by atoms with Crippen LogP contribution in [0.1, 0.15) is 88.8 Å². The van der Waals surface area contributed by atoms with E-state index < -0.39 is 0 Å². The average molecular weight is 658 g/mol. The molecular formula is C36H51N9O3. The standard InChI is InChI=1S/C36H51N9O3/c1-7-18-45-33(23-31(41-45)36(2,3)4)38-34(46)37-29-13-14-30(28-11-9-8-10-27(28)29)48-26-12-15-32-39-40-35(44(32)24-26)43-19-16-25(17-20-43)47-22-21-42(5)6/h8-12,15,23-25,29-30H,7,13-14,16-22H2,1-6H3,(H2,37,38,46)/t29-,30+/m0/s1. The molecule has 2 atom stereocenters. The third-order valence-corrected chi connectivity index (χ3v) is 9.22. The Morgan fingerprint density at radius 2 is 1.79 bits per heavy atom. The molecule has 2 aliphatic rings. The second kappa shape index (κ2) is 14.5. The lowest BCUT2D eigenvalue weighted by Crippen LogP contribution is -2.38. The van der Waals surface area contributed by atoms with Crippen LogP contribution in [0.4, 0.5) is 16.6 Å². The SMILES string of the molecule is CCCn1nc(C(C)(C)C)cc1NC(=O)N[C@H]1CC[C@@H](Oc2ccc3nnc(N4CCC(OCCN(C)C)CC4)n3c2)c2ccccc21. The number of urea groups is 1. The summed E-state index contributed by atoms with van der Waals surface area (Å²) in [6.07, 6.45) is 6.50. The lowest BCUT2D eigenvalue weighted by molar-refractivity contribution is 0.0292. The Balaban J connectivity index is 1.11. The first-order valence-electron chi connectivity index (χ1n) is 17.4. The van der Waals surface area contributed by atoms with Crippen LogP contribution in [0.25, 0.3) is 5.65 Å². The molecule has 1 aliphatic heterocycles. The fourth-order valence-corrected chi connectivity index (χ4v) is 6.53. The largest absolute Gasteiger partial charge is 0.484 e. The van der Waals surface area contributed by atoms with Gasteiger partial charge in [-0.2, -0.15) is 5.10 Å². The fraction of sp³-hybridized carbons (Fsp3) is 0.556. The van der Waals surface area contributed by atoms with E-state index in [0.29, 0.717) is 5.82 Å². The van der Waals surface area contributed by atoms with Gasteiger partial charge in [0, 0.05) is 37.7 Å². The summed E-state index contributed by atoms with van der Waals surface area (Å²) in [4.78, 5) is 17.7. The number of fused-ring (bicyclic) bond motifs is 2.